The van der Waals surface area contributed by atoms with Gasteiger partial charge in [-0.15, -0.1) is 6.58 Å². The minimum absolute atomic E-state index is 0.617. The molecule has 1 saturated carbocycles. The van der Waals surface area contributed by atoms with E-state index >= 15 is 0 Å². The third kappa shape index (κ3) is 8.13. The fourth-order valence-corrected chi connectivity index (χ4v) is 5.74. The molecule has 180 valence electrons. The lowest BCUT2D eigenvalue weighted by molar-refractivity contribution is 0.230. The van der Waals surface area contributed by atoms with Crippen LogP contribution in [-0.4, -0.2) is 4.98 Å². The molecular formula is C32H47N. The molecular weight excluding hydrogens is 398 g/mol. The minimum Gasteiger partial charge on any atom is -0.256 e. The third-order valence-corrected chi connectivity index (χ3v) is 7.88. The first-order chi connectivity index (χ1) is 16.2. The van der Waals surface area contributed by atoms with Crippen molar-refractivity contribution in [2.45, 2.75) is 110 Å². The SMILES string of the molecule is C=CCC(c1ccc(-c2ccc(CCCCCC)cn2)cc1)C1CCC(CCCCC)CC1. The number of aryl methyl sites for hydroxylation is 1. The second-order valence-electron chi connectivity index (χ2n) is 10.4. The Hall–Kier alpha value is -1.89. The van der Waals surface area contributed by atoms with E-state index in [1.54, 1.807) is 0 Å². The smallest absolute Gasteiger partial charge is 0.0702 e. The van der Waals surface area contributed by atoms with E-state index in [1.807, 2.05) is 0 Å². The first kappa shape index (κ1) is 25.7. The molecule has 1 unspecified atom stereocenters. The van der Waals surface area contributed by atoms with Gasteiger partial charge in [0.05, 0.1) is 5.69 Å². The van der Waals surface area contributed by atoms with Gasteiger partial charge in [-0.3, -0.25) is 4.98 Å². The van der Waals surface area contributed by atoms with Crippen molar-refractivity contribution in [1.29, 1.82) is 0 Å². The van der Waals surface area contributed by atoms with Crippen molar-refractivity contribution >= 4 is 0 Å². The van der Waals surface area contributed by atoms with Crippen molar-refractivity contribution in [1.82, 2.24) is 4.98 Å². The highest BCUT2D eigenvalue weighted by Gasteiger charge is 2.27. The van der Waals surface area contributed by atoms with Gasteiger partial charge in [0.25, 0.3) is 0 Å². The summed E-state index contributed by atoms with van der Waals surface area (Å²) in [4.78, 5) is 4.77. The molecule has 1 heteroatoms. The van der Waals surface area contributed by atoms with Gasteiger partial charge in [0.2, 0.25) is 0 Å². The molecule has 0 aliphatic heterocycles. The van der Waals surface area contributed by atoms with E-state index < -0.39 is 0 Å². The van der Waals surface area contributed by atoms with E-state index in [9.17, 15) is 0 Å². The zero-order valence-corrected chi connectivity index (χ0v) is 21.4. The number of allylic oxidation sites excluding steroid dienone is 1. The molecule has 1 aromatic heterocycles. The average molecular weight is 446 g/mol. The number of hydrogen-bond donors (Lipinski definition) is 0. The quantitative estimate of drug-likeness (QED) is 0.208. The molecule has 1 fully saturated rings. The molecule has 3 rings (SSSR count). The Morgan fingerprint density at radius 1 is 0.879 bits per heavy atom. The van der Waals surface area contributed by atoms with Gasteiger partial charge in [-0.2, -0.15) is 0 Å². The summed E-state index contributed by atoms with van der Waals surface area (Å²) >= 11 is 0. The minimum atomic E-state index is 0.617. The number of nitrogens with zero attached hydrogens (tertiary/aromatic N) is 1. The maximum Gasteiger partial charge on any atom is 0.0702 e. The molecule has 33 heavy (non-hydrogen) atoms. The normalized spacial score (nSPS) is 19.3. The van der Waals surface area contributed by atoms with Gasteiger partial charge in [0.1, 0.15) is 0 Å². The van der Waals surface area contributed by atoms with Gasteiger partial charge in [0.15, 0.2) is 0 Å². The molecule has 1 atom stereocenters. The summed E-state index contributed by atoms with van der Waals surface area (Å²) in [5.41, 5.74) is 5.17. The van der Waals surface area contributed by atoms with E-state index in [0.717, 1.165) is 30.4 Å². The molecule has 0 bridgehead atoms. The maximum absolute atomic E-state index is 4.77. The van der Waals surface area contributed by atoms with Gasteiger partial charge in [-0.1, -0.05) is 108 Å². The standard InChI is InChI=1S/C32H47N/c1-4-7-9-11-14-27-17-24-32(33-25-27)30-22-20-29(21-23-30)31(12-6-3)28-18-15-26(16-19-28)13-10-8-5-2/h6,17,20-26,28,31H,3-5,7-16,18-19H2,1-2H3. The van der Waals surface area contributed by atoms with Crippen LogP contribution in [0.4, 0.5) is 0 Å². The van der Waals surface area contributed by atoms with Gasteiger partial charge in [-0.05, 0) is 67.1 Å². The van der Waals surface area contributed by atoms with Crippen LogP contribution in [0.2, 0.25) is 0 Å². The van der Waals surface area contributed by atoms with Crippen molar-refractivity contribution in [2.75, 3.05) is 0 Å². The van der Waals surface area contributed by atoms with Crippen molar-refractivity contribution in [2.24, 2.45) is 11.8 Å². The molecule has 0 spiro atoms. The molecule has 1 aliphatic rings. The average Bonchev–Trinajstić information content (AvgIpc) is 2.86. The summed E-state index contributed by atoms with van der Waals surface area (Å²) in [6.07, 6.45) is 22.9. The summed E-state index contributed by atoms with van der Waals surface area (Å²) in [7, 11) is 0. The predicted molar refractivity (Wildman–Crippen MR) is 145 cm³/mol. The van der Waals surface area contributed by atoms with Crippen molar-refractivity contribution < 1.29 is 0 Å². The van der Waals surface area contributed by atoms with E-state index in [4.69, 9.17) is 4.98 Å². The highest BCUT2D eigenvalue weighted by molar-refractivity contribution is 5.59. The fourth-order valence-electron chi connectivity index (χ4n) is 5.74. The summed E-state index contributed by atoms with van der Waals surface area (Å²) in [5.74, 6) is 2.40. The zero-order chi connectivity index (χ0) is 23.3. The van der Waals surface area contributed by atoms with E-state index in [0.29, 0.717) is 5.92 Å². The maximum atomic E-state index is 4.77. The lowest BCUT2D eigenvalue weighted by atomic mass is 9.71. The van der Waals surface area contributed by atoms with Gasteiger partial charge >= 0.3 is 0 Å². The molecule has 1 aromatic carbocycles. The largest absolute Gasteiger partial charge is 0.256 e. The number of benzene rings is 1. The van der Waals surface area contributed by atoms with Crippen LogP contribution in [-0.2, 0) is 6.42 Å². The Balaban J connectivity index is 1.57. The van der Waals surface area contributed by atoms with Gasteiger partial charge in [-0.25, -0.2) is 0 Å². The summed E-state index contributed by atoms with van der Waals surface area (Å²) in [5, 5.41) is 0. The van der Waals surface area contributed by atoms with E-state index in [2.05, 4.69) is 69.1 Å². The summed E-state index contributed by atoms with van der Waals surface area (Å²) in [6.45, 7) is 8.65. The van der Waals surface area contributed by atoms with Crippen molar-refractivity contribution in [3.8, 4) is 11.3 Å². The van der Waals surface area contributed by atoms with Gasteiger partial charge in [0, 0.05) is 11.8 Å². The van der Waals surface area contributed by atoms with E-state index in [-0.39, 0.29) is 0 Å². The predicted octanol–water partition coefficient (Wildman–Crippen LogP) is 9.92. The molecule has 1 nitrogen and oxygen atoms in total. The summed E-state index contributed by atoms with van der Waals surface area (Å²) in [6, 6.07) is 13.7. The van der Waals surface area contributed by atoms with Crippen LogP contribution < -0.4 is 0 Å². The van der Waals surface area contributed by atoms with Crippen LogP contribution in [0, 0.1) is 11.8 Å². The van der Waals surface area contributed by atoms with Gasteiger partial charge < -0.3 is 0 Å². The molecule has 0 saturated heterocycles. The van der Waals surface area contributed by atoms with Crippen molar-refractivity contribution in [3.63, 3.8) is 0 Å². The van der Waals surface area contributed by atoms with Crippen LogP contribution >= 0.6 is 0 Å². The number of rotatable bonds is 14. The van der Waals surface area contributed by atoms with Crippen LogP contribution in [0.3, 0.4) is 0 Å². The Bertz CT molecular complexity index is 780. The number of hydrogen-bond acceptors (Lipinski definition) is 1. The van der Waals surface area contributed by atoms with Crippen molar-refractivity contribution in [3.05, 3.63) is 66.4 Å². The molecule has 1 aliphatic carbocycles. The number of pyridine rings is 1. The number of aromatic nitrogens is 1. The molecule has 0 radical (unpaired) electrons. The molecule has 1 heterocycles. The van der Waals surface area contributed by atoms with Crippen LogP contribution in [0.15, 0.2) is 55.3 Å². The zero-order valence-electron chi connectivity index (χ0n) is 21.4. The molecule has 0 N–H and O–H groups in total. The lowest BCUT2D eigenvalue weighted by Crippen LogP contribution is -2.20. The Labute approximate surface area is 204 Å². The second kappa shape index (κ2) is 14.4. The topological polar surface area (TPSA) is 12.9 Å². The number of unbranched alkanes of at least 4 members (excludes halogenated alkanes) is 5. The van der Waals surface area contributed by atoms with Crippen LogP contribution in [0.25, 0.3) is 11.3 Å². The van der Waals surface area contributed by atoms with Crippen LogP contribution in [0.1, 0.15) is 114 Å². The Kier molecular flexibility index (Phi) is 11.2. The van der Waals surface area contributed by atoms with Crippen LogP contribution in [0.5, 0.6) is 0 Å². The monoisotopic (exact) mass is 445 g/mol. The molecule has 2 aromatic rings. The first-order valence-corrected chi connectivity index (χ1v) is 13.9. The summed E-state index contributed by atoms with van der Waals surface area (Å²) < 4.78 is 0. The third-order valence-electron chi connectivity index (χ3n) is 7.88. The fraction of sp³-hybridized carbons (Fsp3) is 0.594. The highest BCUT2D eigenvalue weighted by atomic mass is 14.7. The highest BCUT2D eigenvalue weighted by Crippen LogP contribution is 2.41. The first-order valence-electron chi connectivity index (χ1n) is 13.9. The Morgan fingerprint density at radius 2 is 1.61 bits per heavy atom. The Morgan fingerprint density at radius 3 is 2.24 bits per heavy atom. The lowest BCUT2D eigenvalue weighted by Gasteiger charge is -2.34. The van der Waals surface area contributed by atoms with E-state index in [1.165, 1.54) is 93.7 Å². The molecule has 0 amide bonds. The second-order valence-corrected chi connectivity index (χ2v) is 10.4.